The predicted octanol–water partition coefficient (Wildman–Crippen LogP) is 3.85. The molecule has 160 valence electrons. The van der Waals surface area contributed by atoms with Gasteiger partial charge in [0.2, 0.25) is 5.91 Å². The molecule has 0 bridgehead atoms. The molecule has 0 unspecified atom stereocenters. The summed E-state index contributed by atoms with van der Waals surface area (Å²) in [4.78, 5) is 14.7. The number of carbonyl (C=O) groups excluding carboxylic acids is 1. The van der Waals surface area contributed by atoms with Crippen molar-refractivity contribution < 1.29 is 23.7 Å². The van der Waals surface area contributed by atoms with Crippen LogP contribution in [-0.2, 0) is 9.53 Å². The topological polar surface area (TPSA) is 69.3 Å². The van der Waals surface area contributed by atoms with Crippen LogP contribution in [0.5, 0.6) is 17.2 Å². The van der Waals surface area contributed by atoms with Crippen molar-refractivity contribution in [1.29, 1.82) is 0 Å². The Morgan fingerprint density at radius 3 is 2.40 bits per heavy atom. The molecular formula is C22H25ClN2O5. The number of morpholine rings is 1. The predicted molar refractivity (Wildman–Crippen MR) is 118 cm³/mol. The summed E-state index contributed by atoms with van der Waals surface area (Å²) in [6, 6.07) is 8.92. The zero-order valence-corrected chi connectivity index (χ0v) is 18.0. The minimum Gasteiger partial charge on any atom is -0.496 e. The molecule has 0 aliphatic carbocycles. The highest BCUT2D eigenvalue weighted by molar-refractivity contribution is 6.34. The van der Waals surface area contributed by atoms with E-state index >= 15 is 0 Å². The van der Waals surface area contributed by atoms with Crippen LogP contribution in [0.3, 0.4) is 0 Å². The molecule has 1 N–H and O–H groups in total. The molecule has 1 amide bonds. The Labute approximate surface area is 181 Å². The number of ether oxygens (including phenoxy) is 4. The van der Waals surface area contributed by atoms with Crippen molar-refractivity contribution in [2.45, 2.75) is 0 Å². The van der Waals surface area contributed by atoms with Gasteiger partial charge in [0.25, 0.3) is 0 Å². The third kappa shape index (κ3) is 4.98. The summed E-state index contributed by atoms with van der Waals surface area (Å²) in [6.45, 7) is 2.67. The monoisotopic (exact) mass is 432 g/mol. The molecule has 1 fully saturated rings. The third-order valence-corrected chi connectivity index (χ3v) is 5.03. The van der Waals surface area contributed by atoms with Crippen LogP contribution in [0.15, 0.2) is 36.4 Å². The SMILES string of the molecule is COc1cc(OC)c(OC)cc1/C=C\C(=O)Nc1cccc(Cl)c1N1CCOCC1. The normalized spacial score (nSPS) is 13.9. The van der Waals surface area contributed by atoms with Crippen LogP contribution in [0, 0.1) is 0 Å². The van der Waals surface area contributed by atoms with Crippen LogP contribution < -0.4 is 24.4 Å². The molecule has 0 atom stereocenters. The van der Waals surface area contributed by atoms with E-state index in [0.717, 1.165) is 5.69 Å². The Morgan fingerprint density at radius 2 is 1.73 bits per heavy atom. The van der Waals surface area contributed by atoms with E-state index in [-0.39, 0.29) is 5.91 Å². The molecule has 1 aliphatic rings. The number of benzene rings is 2. The van der Waals surface area contributed by atoms with Crippen molar-refractivity contribution in [2.24, 2.45) is 0 Å². The number of nitrogens with zero attached hydrogens (tertiary/aromatic N) is 1. The van der Waals surface area contributed by atoms with Crippen LogP contribution in [0.1, 0.15) is 5.56 Å². The minimum atomic E-state index is -0.288. The van der Waals surface area contributed by atoms with Crippen molar-refractivity contribution in [1.82, 2.24) is 0 Å². The Bertz CT molecular complexity index is 926. The van der Waals surface area contributed by atoms with Crippen molar-refractivity contribution in [3.8, 4) is 17.2 Å². The molecule has 2 aromatic carbocycles. The fraction of sp³-hybridized carbons (Fsp3) is 0.318. The average Bonchev–Trinajstić information content (AvgIpc) is 2.77. The van der Waals surface area contributed by atoms with Gasteiger partial charge in [-0.25, -0.2) is 0 Å². The van der Waals surface area contributed by atoms with E-state index in [2.05, 4.69) is 10.2 Å². The first-order chi connectivity index (χ1) is 14.6. The number of anilines is 2. The Morgan fingerprint density at radius 1 is 1.07 bits per heavy atom. The van der Waals surface area contributed by atoms with Crippen LogP contribution in [0.25, 0.3) is 6.08 Å². The highest BCUT2D eigenvalue weighted by atomic mass is 35.5. The van der Waals surface area contributed by atoms with Gasteiger partial charge in [0, 0.05) is 30.8 Å². The molecule has 0 radical (unpaired) electrons. The molecule has 0 aromatic heterocycles. The lowest BCUT2D eigenvalue weighted by Crippen LogP contribution is -2.37. The summed E-state index contributed by atoms with van der Waals surface area (Å²) in [5, 5.41) is 3.50. The van der Waals surface area contributed by atoms with E-state index in [4.69, 9.17) is 30.5 Å². The molecule has 1 saturated heterocycles. The van der Waals surface area contributed by atoms with Crippen LogP contribution in [0.2, 0.25) is 5.02 Å². The van der Waals surface area contributed by atoms with Gasteiger partial charge in [0.05, 0.1) is 50.9 Å². The van der Waals surface area contributed by atoms with Crippen LogP contribution in [0.4, 0.5) is 11.4 Å². The first-order valence-corrected chi connectivity index (χ1v) is 9.85. The van der Waals surface area contributed by atoms with Gasteiger partial charge in [-0.3, -0.25) is 4.79 Å². The van der Waals surface area contributed by atoms with E-state index in [0.29, 0.717) is 59.8 Å². The van der Waals surface area contributed by atoms with Gasteiger partial charge >= 0.3 is 0 Å². The molecule has 2 aromatic rings. The van der Waals surface area contributed by atoms with Gasteiger partial charge < -0.3 is 29.2 Å². The maximum Gasteiger partial charge on any atom is 0.248 e. The summed E-state index contributed by atoms with van der Waals surface area (Å²) >= 11 is 6.43. The third-order valence-electron chi connectivity index (χ3n) is 4.72. The molecule has 0 saturated carbocycles. The van der Waals surface area contributed by atoms with E-state index < -0.39 is 0 Å². The highest BCUT2D eigenvalue weighted by Crippen LogP contribution is 2.36. The average molecular weight is 433 g/mol. The molecule has 8 heteroatoms. The summed E-state index contributed by atoms with van der Waals surface area (Å²) in [5.74, 6) is 1.37. The lowest BCUT2D eigenvalue weighted by molar-refractivity contribution is -0.111. The van der Waals surface area contributed by atoms with Gasteiger partial charge in [0.1, 0.15) is 5.75 Å². The maximum atomic E-state index is 12.6. The van der Waals surface area contributed by atoms with Crippen LogP contribution >= 0.6 is 11.6 Å². The summed E-state index contributed by atoms with van der Waals surface area (Å²) in [5.41, 5.74) is 2.14. The number of amides is 1. The first kappa shape index (κ1) is 21.8. The molecule has 3 rings (SSSR count). The standard InChI is InChI=1S/C22H25ClN2O5/c1-27-18-14-20(29-3)19(28-2)13-15(18)7-8-21(26)24-17-6-4-5-16(23)22(17)25-9-11-30-12-10-25/h4-8,13-14H,9-12H2,1-3H3,(H,24,26)/b8-7-. The fourth-order valence-electron chi connectivity index (χ4n) is 3.25. The summed E-state index contributed by atoms with van der Waals surface area (Å²) < 4.78 is 21.4. The largest absolute Gasteiger partial charge is 0.496 e. The van der Waals surface area contributed by atoms with E-state index in [9.17, 15) is 4.79 Å². The number of methoxy groups -OCH3 is 3. The molecule has 1 aliphatic heterocycles. The van der Waals surface area contributed by atoms with E-state index in [1.165, 1.54) is 6.08 Å². The van der Waals surface area contributed by atoms with Gasteiger partial charge in [-0.2, -0.15) is 0 Å². The number of hydrogen-bond acceptors (Lipinski definition) is 6. The van der Waals surface area contributed by atoms with Crippen molar-refractivity contribution in [2.75, 3.05) is 57.8 Å². The van der Waals surface area contributed by atoms with Crippen molar-refractivity contribution >= 4 is 35.0 Å². The second kappa shape index (κ2) is 10.2. The van der Waals surface area contributed by atoms with Gasteiger partial charge in [-0.15, -0.1) is 0 Å². The molecule has 1 heterocycles. The highest BCUT2D eigenvalue weighted by Gasteiger charge is 2.18. The lowest BCUT2D eigenvalue weighted by Gasteiger charge is -2.31. The minimum absolute atomic E-state index is 0.288. The fourth-order valence-corrected chi connectivity index (χ4v) is 3.54. The Hall–Kier alpha value is -2.90. The second-order valence-corrected chi connectivity index (χ2v) is 6.91. The lowest BCUT2D eigenvalue weighted by atomic mass is 10.1. The molecule has 7 nitrogen and oxygen atoms in total. The number of hydrogen-bond donors (Lipinski definition) is 1. The number of para-hydroxylation sites is 1. The van der Waals surface area contributed by atoms with Gasteiger partial charge in [-0.05, 0) is 24.3 Å². The van der Waals surface area contributed by atoms with E-state index in [1.807, 2.05) is 18.2 Å². The summed E-state index contributed by atoms with van der Waals surface area (Å²) in [6.07, 6.45) is 3.10. The smallest absolute Gasteiger partial charge is 0.248 e. The maximum absolute atomic E-state index is 12.6. The zero-order chi connectivity index (χ0) is 21.5. The van der Waals surface area contributed by atoms with Gasteiger partial charge in [0.15, 0.2) is 11.5 Å². The first-order valence-electron chi connectivity index (χ1n) is 9.47. The van der Waals surface area contributed by atoms with Crippen molar-refractivity contribution in [3.05, 3.63) is 47.0 Å². The van der Waals surface area contributed by atoms with Crippen LogP contribution in [-0.4, -0.2) is 53.5 Å². The Balaban J connectivity index is 1.81. The number of rotatable bonds is 7. The number of nitrogens with one attached hydrogen (secondary N) is 1. The zero-order valence-electron chi connectivity index (χ0n) is 17.2. The Kier molecular flexibility index (Phi) is 7.43. The second-order valence-electron chi connectivity index (χ2n) is 6.51. The van der Waals surface area contributed by atoms with E-state index in [1.54, 1.807) is 39.5 Å². The molecule has 30 heavy (non-hydrogen) atoms. The quantitative estimate of drug-likeness (QED) is 0.670. The number of halogens is 1. The molecular weight excluding hydrogens is 408 g/mol. The molecule has 0 spiro atoms. The number of carbonyl (C=O) groups is 1. The summed E-state index contributed by atoms with van der Waals surface area (Å²) in [7, 11) is 4.66. The van der Waals surface area contributed by atoms with Gasteiger partial charge in [-0.1, -0.05) is 17.7 Å². The van der Waals surface area contributed by atoms with Crippen molar-refractivity contribution in [3.63, 3.8) is 0 Å².